The molecule has 0 spiro atoms. The molecule has 4 nitrogen and oxygen atoms in total. The van der Waals surface area contributed by atoms with Crippen molar-refractivity contribution in [2.75, 3.05) is 0 Å². The first kappa shape index (κ1) is 13.3. The summed E-state index contributed by atoms with van der Waals surface area (Å²) in [6, 6.07) is 0. The number of hydrazone groups is 1. The quantitative estimate of drug-likeness (QED) is 0.208. The van der Waals surface area contributed by atoms with Gasteiger partial charge in [-0.2, -0.15) is 5.10 Å². The van der Waals surface area contributed by atoms with Crippen molar-refractivity contribution in [1.29, 1.82) is 0 Å². The fraction of sp³-hybridized carbons (Fsp3) is 0.778. The van der Waals surface area contributed by atoms with Gasteiger partial charge in [-0.25, -0.2) is 5.84 Å². The number of nitrogens with two attached hydrogens (primary N) is 1. The predicted octanol–water partition coefficient (Wildman–Crippen LogP) is 1.67. The molecule has 0 radical (unpaired) electrons. The summed E-state index contributed by atoms with van der Waals surface area (Å²) < 4.78 is 0. The molecule has 0 heterocycles. The summed E-state index contributed by atoms with van der Waals surface area (Å²) in [5.74, 6) is 5.07. The van der Waals surface area contributed by atoms with E-state index in [0.717, 1.165) is 12.1 Å². The summed E-state index contributed by atoms with van der Waals surface area (Å²) in [6.45, 7) is 4.19. The van der Waals surface area contributed by atoms with E-state index in [2.05, 4.69) is 22.9 Å². The number of nitrogens with one attached hydrogen (secondary N) is 2. The Morgan fingerprint density at radius 1 is 1.36 bits per heavy atom. The minimum atomic E-state index is 0.345. The SMILES string of the molecule is CCCCCC/C(C)=N/NC(=S)NN. The summed E-state index contributed by atoms with van der Waals surface area (Å²) in [4.78, 5) is 0. The van der Waals surface area contributed by atoms with Crippen LogP contribution in [0.1, 0.15) is 46.0 Å². The van der Waals surface area contributed by atoms with Gasteiger partial charge in [-0.3, -0.25) is 10.9 Å². The molecule has 0 fully saturated rings. The van der Waals surface area contributed by atoms with Crippen LogP contribution in [0.15, 0.2) is 5.10 Å². The molecule has 0 bridgehead atoms. The Balaban J connectivity index is 3.51. The first-order chi connectivity index (χ1) is 6.70. The molecule has 0 rings (SSSR count). The molecule has 0 atom stereocenters. The van der Waals surface area contributed by atoms with E-state index in [0.29, 0.717) is 5.11 Å². The van der Waals surface area contributed by atoms with Gasteiger partial charge < -0.3 is 0 Å². The second-order valence-corrected chi connectivity index (χ2v) is 3.65. The molecule has 4 N–H and O–H groups in total. The van der Waals surface area contributed by atoms with E-state index in [1.807, 2.05) is 6.92 Å². The van der Waals surface area contributed by atoms with Gasteiger partial charge >= 0.3 is 0 Å². The van der Waals surface area contributed by atoms with Crippen molar-refractivity contribution in [2.24, 2.45) is 10.9 Å². The molecule has 0 aliphatic carbocycles. The van der Waals surface area contributed by atoms with Crippen LogP contribution >= 0.6 is 12.2 Å². The smallest absolute Gasteiger partial charge is 0.201 e. The molecule has 0 aromatic heterocycles. The minimum Gasteiger partial charge on any atom is -0.300 e. The van der Waals surface area contributed by atoms with Crippen molar-refractivity contribution in [3.05, 3.63) is 0 Å². The monoisotopic (exact) mass is 216 g/mol. The maximum atomic E-state index is 5.07. The van der Waals surface area contributed by atoms with Gasteiger partial charge in [0.1, 0.15) is 0 Å². The third-order valence-electron chi connectivity index (χ3n) is 1.87. The van der Waals surface area contributed by atoms with Crippen LogP contribution in [0.4, 0.5) is 0 Å². The van der Waals surface area contributed by atoms with Gasteiger partial charge in [0.15, 0.2) is 0 Å². The van der Waals surface area contributed by atoms with Crippen LogP contribution in [-0.4, -0.2) is 10.8 Å². The third kappa shape index (κ3) is 7.94. The minimum absolute atomic E-state index is 0.345. The summed E-state index contributed by atoms with van der Waals surface area (Å²) in [6.07, 6.45) is 6.02. The van der Waals surface area contributed by atoms with Crippen molar-refractivity contribution in [2.45, 2.75) is 46.0 Å². The largest absolute Gasteiger partial charge is 0.300 e. The van der Waals surface area contributed by atoms with Gasteiger partial charge in [-0.15, -0.1) is 0 Å². The van der Waals surface area contributed by atoms with Gasteiger partial charge in [-0.05, 0) is 32.0 Å². The Bertz CT molecular complexity index is 191. The van der Waals surface area contributed by atoms with Crippen molar-refractivity contribution in [1.82, 2.24) is 10.9 Å². The molecule has 82 valence electrons. The van der Waals surface area contributed by atoms with Crippen molar-refractivity contribution >= 4 is 23.0 Å². The van der Waals surface area contributed by atoms with Crippen LogP contribution in [0, 0.1) is 0 Å². The van der Waals surface area contributed by atoms with Crippen LogP contribution in [0.2, 0.25) is 0 Å². The van der Waals surface area contributed by atoms with Gasteiger partial charge in [-0.1, -0.05) is 26.2 Å². The average molecular weight is 216 g/mol. The van der Waals surface area contributed by atoms with E-state index in [-0.39, 0.29) is 0 Å². The Labute approximate surface area is 91.3 Å². The maximum absolute atomic E-state index is 5.07. The number of hydrogen-bond donors (Lipinski definition) is 3. The molecule has 0 saturated carbocycles. The number of nitrogens with zero attached hydrogens (tertiary/aromatic N) is 1. The zero-order chi connectivity index (χ0) is 10.8. The first-order valence-electron chi connectivity index (χ1n) is 5.00. The molecule has 0 aromatic carbocycles. The second kappa shape index (κ2) is 8.90. The molecule has 0 aliphatic heterocycles. The summed E-state index contributed by atoms with van der Waals surface area (Å²) in [7, 11) is 0. The Morgan fingerprint density at radius 2 is 2.07 bits per heavy atom. The van der Waals surface area contributed by atoms with E-state index in [4.69, 9.17) is 18.1 Å². The molecule has 0 saturated heterocycles. The Kier molecular flexibility index (Phi) is 8.47. The number of unbranched alkanes of at least 4 members (excludes halogenated alkanes) is 3. The van der Waals surface area contributed by atoms with Crippen molar-refractivity contribution < 1.29 is 0 Å². The lowest BCUT2D eigenvalue weighted by Gasteiger charge is -2.03. The molecule has 0 aliphatic rings. The Hall–Kier alpha value is -0.680. The van der Waals surface area contributed by atoms with Crippen LogP contribution in [0.25, 0.3) is 0 Å². The van der Waals surface area contributed by atoms with Gasteiger partial charge in [0.25, 0.3) is 0 Å². The van der Waals surface area contributed by atoms with E-state index >= 15 is 0 Å². The maximum Gasteiger partial charge on any atom is 0.201 e. The zero-order valence-electron chi connectivity index (χ0n) is 8.97. The van der Waals surface area contributed by atoms with Crippen molar-refractivity contribution in [3.8, 4) is 0 Å². The lowest BCUT2D eigenvalue weighted by atomic mass is 10.1. The highest BCUT2D eigenvalue weighted by atomic mass is 32.1. The summed E-state index contributed by atoms with van der Waals surface area (Å²) in [5, 5.41) is 4.42. The van der Waals surface area contributed by atoms with Gasteiger partial charge in [0, 0.05) is 5.71 Å². The van der Waals surface area contributed by atoms with Crippen LogP contribution in [-0.2, 0) is 0 Å². The van der Waals surface area contributed by atoms with Crippen LogP contribution in [0.3, 0.4) is 0 Å². The normalized spacial score (nSPS) is 11.2. The third-order valence-corrected chi connectivity index (χ3v) is 2.08. The topological polar surface area (TPSA) is 62.4 Å². The number of hydrazine groups is 1. The van der Waals surface area contributed by atoms with E-state index in [9.17, 15) is 0 Å². The number of thiocarbonyl (C=S) groups is 1. The van der Waals surface area contributed by atoms with Gasteiger partial charge in [0.2, 0.25) is 5.11 Å². The summed E-state index contributed by atoms with van der Waals surface area (Å²) >= 11 is 4.77. The predicted molar refractivity (Wildman–Crippen MR) is 64.9 cm³/mol. The highest BCUT2D eigenvalue weighted by molar-refractivity contribution is 7.80. The zero-order valence-corrected chi connectivity index (χ0v) is 9.78. The number of hydrogen-bond acceptors (Lipinski definition) is 3. The molecule has 14 heavy (non-hydrogen) atoms. The fourth-order valence-corrected chi connectivity index (χ4v) is 1.09. The highest BCUT2D eigenvalue weighted by Gasteiger charge is 1.93. The van der Waals surface area contributed by atoms with E-state index in [1.54, 1.807) is 0 Å². The molecule has 5 heteroatoms. The standard InChI is InChI=1S/C9H20N4S/c1-3-4-5-6-7-8(2)12-13-9(14)11-10/h3-7,10H2,1-2H3,(H2,11,13,14)/b12-8+. The van der Waals surface area contributed by atoms with E-state index < -0.39 is 0 Å². The van der Waals surface area contributed by atoms with E-state index in [1.165, 1.54) is 25.7 Å². The average Bonchev–Trinajstić information content (AvgIpc) is 2.21. The van der Waals surface area contributed by atoms with Crippen LogP contribution in [0.5, 0.6) is 0 Å². The summed E-state index contributed by atoms with van der Waals surface area (Å²) in [5.41, 5.74) is 6.02. The lowest BCUT2D eigenvalue weighted by Crippen LogP contribution is -2.37. The Morgan fingerprint density at radius 3 is 2.64 bits per heavy atom. The first-order valence-corrected chi connectivity index (χ1v) is 5.41. The fourth-order valence-electron chi connectivity index (χ4n) is 1.04. The van der Waals surface area contributed by atoms with Crippen LogP contribution < -0.4 is 16.7 Å². The number of rotatable bonds is 6. The molecule has 0 unspecified atom stereocenters. The molecule has 0 amide bonds. The highest BCUT2D eigenvalue weighted by Crippen LogP contribution is 2.02. The van der Waals surface area contributed by atoms with Gasteiger partial charge in [0.05, 0.1) is 0 Å². The van der Waals surface area contributed by atoms with Crippen molar-refractivity contribution in [3.63, 3.8) is 0 Å². The molecule has 0 aromatic rings. The molecular formula is C9H20N4S. The lowest BCUT2D eigenvalue weighted by molar-refractivity contribution is 0.681. The second-order valence-electron chi connectivity index (χ2n) is 3.24. The molecular weight excluding hydrogens is 196 g/mol.